The first kappa shape index (κ1) is 26.1. The second kappa shape index (κ2) is 9.38. The second-order valence-electron chi connectivity index (χ2n) is 8.88. The van der Waals surface area contributed by atoms with Crippen molar-refractivity contribution >= 4 is 15.9 Å². The largest absolute Gasteiger partial charge is 0.476 e. The summed E-state index contributed by atoms with van der Waals surface area (Å²) >= 11 is 0. The topological polar surface area (TPSA) is 127 Å². The molecular formula is C20H24F3N5O4S. The van der Waals surface area contributed by atoms with Crippen LogP contribution in [0.5, 0.6) is 5.88 Å². The second-order valence-corrected chi connectivity index (χ2v) is 10.6. The predicted molar refractivity (Wildman–Crippen MR) is 111 cm³/mol. The highest BCUT2D eigenvalue weighted by molar-refractivity contribution is 7.90. The molecule has 1 N–H and O–H groups in total. The van der Waals surface area contributed by atoms with Crippen molar-refractivity contribution in [1.29, 1.82) is 5.26 Å². The van der Waals surface area contributed by atoms with E-state index in [-0.39, 0.29) is 29.7 Å². The lowest BCUT2D eigenvalue weighted by Gasteiger charge is -2.19. The average Bonchev–Trinajstić information content (AvgIpc) is 3.03. The predicted octanol–water partition coefficient (Wildman–Crippen LogP) is 3.43. The van der Waals surface area contributed by atoms with Gasteiger partial charge in [0.25, 0.3) is 10.0 Å². The lowest BCUT2D eigenvalue weighted by molar-refractivity contribution is -0.141. The number of nitriles is 1. The normalized spacial score (nSPS) is 12.5. The molecule has 2 aromatic rings. The number of nitrogens with one attached hydrogen (secondary N) is 1. The highest BCUT2D eigenvalue weighted by Gasteiger charge is 2.41. The molecule has 0 aliphatic carbocycles. The summed E-state index contributed by atoms with van der Waals surface area (Å²) in [6, 6.07) is 3.62. The fraction of sp³-hybridized carbons (Fsp3) is 0.500. The molecule has 0 atom stereocenters. The third-order valence-corrected chi connectivity index (χ3v) is 5.31. The number of sulfonamides is 1. The first-order valence-corrected chi connectivity index (χ1v) is 11.3. The van der Waals surface area contributed by atoms with Gasteiger partial charge in [0.15, 0.2) is 11.5 Å². The van der Waals surface area contributed by atoms with Crippen molar-refractivity contribution in [3.05, 3.63) is 29.6 Å². The van der Waals surface area contributed by atoms with Crippen LogP contribution in [0.1, 0.15) is 52.3 Å². The van der Waals surface area contributed by atoms with E-state index < -0.39 is 44.7 Å². The van der Waals surface area contributed by atoms with Gasteiger partial charge in [-0.2, -0.15) is 28.2 Å². The van der Waals surface area contributed by atoms with Crippen molar-refractivity contribution in [2.24, 2.45) is 11.3 Å². The quantitative estimate of drug-likeness (QED) is 0.634. The number of hydrogen-bond donors (Lipinski definition) is 1. The third kappa shape index (κ3) is 6.67. The maximum atomic E-state index is 13.4. The molecule has 2 aromatic heterocycles. The molecule has 180 valence electrons. The minimum atomic E-state index is -4.93. The van der Waals surface area contributed by atoms with E-state index in [1.165, 1.54) is 6.07 Å². The Kier molecular flexibility index (Phi) is 7.43. The van der Waals surface area contributed by atoms with Crippen LogP contribution in [0.15, 0.2) is 23.2 Å². The van der Waals surface area contributed by atoms with Crippen molar-refractivity contribution in [3.8, 4) is 17.8 Å². The number of carbonyl (C=O) groups is 1. The molecule has 0 saturated heterocycles. The zero-order chi connectivity index (χ0) is 25.2. The molecule has 1 amide bonds. The fourth-order valence-corrected chi connectivity index (χ4v) is 3.49. The molecule has 0 bridgehead atoms. The summed E-state index contributed by atoms with van der Waals surface area (Å²) in [5, 5.41) is 12.8. The molecule has 13 heteroatoms. The van der Waals surface area contributed by atoms with Crippen LogP contribution in [0.4, 0.5) is 13.2 Å². The third-order valence-electron chi connectivity index (χ3n) is 3.96. The standard InChI is InChI=1S/C20H24F3N5O4S/c1-12(2)8-16(29)27-33(30,31)13-6-7-15(25-10-13)28-18(32-11-19(3,4)5)14(9-24)17(26-28)20(21,22)23/h6-7,10,12H,8,11H2,1-5H3,(H,27,29). The van der Waals surface area contributed by atoms with E-state index in [0.29, 0.717) is 4.68 Å². The summed E-state index contributed by atoms with van der Waals surface area (Å²) in [5.41, 5.74) is -2.71. The minimum Gasteiger partial charge on any atom is -0.476 e. The Bertz CT molecular complexity index is 1160. The minimum absolute atomic E-state index is 0.0103. The number of amides is 1. The van der Waals surface area contributed by atoms with E-state index in [9.17, 15) is 31.6 Å². The van der Waals surface area contributed by atoms with Gasteiger partial charge in [0.2, 0.25) is 11.8 Å². The van der Waals surface area contributed by atoms with Crippen LogP contribution in [-0.2, 0) is 21.0 Å². The molecule has 0 radical (unpaired) electrons. The molecular weight excluding hydrogens is 463 g/mol. The van der Waals surface area contributed by atoms with Crippen molar-refractivity contribution < 1.29 is 31.1 Å². The zero-order valence-electron chi connectivity index (χ0n) is 18.7. The van der Waals surface area contributed by atoms with Gasteiger partial charge in [-0.25, -0.2) is 18.1 Å². The Morgan fingerprint density at radius 2 is 1.91 bits per heavy atom. The van der Waals surface area contributed by atoms with E-state index in [1.807, 2.05) is 4.72 Å². The van der Waals surface area contributed by atoms with Gasteiger partial charge in [-0.1, -0.05) is 34.6 Å². The first-order chi connectivity index (χ1) is 15.0. The maximum Gasteiger partial charge on any atom is 0.436 e. The van der Waals surface area contributed by atoms with E-state index in [1.54, 1.807) is 34.6 Å². The smallest absolute Gasteiger partial charge is 0.436 e. The highest BCUT2D eigenvalue weighted by Crippen LogP contribution is 2.36. The summed E-state index contributed by atoms with van der Waals surface area (Å²) in [7, 11) is -4.23. The van der Waals surface area contributed by atoms with E-state index >= 15 is 0 Å². The summed E-state index contributed by atoms with van der Waals surface area (Å²) < 4.78 is 73.1. The Morgan fingerprint density at radius 3 is 2.36 bits per heavy atom. The highest BCUT2D eigenvalue weighted by atomic mass is 32.2. The van der Waals surface area contributed by atoms with Crippen LogP contribution >= 0.6 is 0 Å². The summed E-state index contributed by atoms with van der Waals surface area (Å²) in [6.45, 7) is 8.83. The molecule has 2 rings (SSSR count). The lowest BCUT2D eigenvalue weighted by atomic mass is 9.99. The van der Waals surface area contributed by atoms with Crippen molar-refractivity contribution in [2.75, 3.05) is 6.61 Å². The number of pyridine rings is 1. The number of hydrogen-bond acceptors (Lipinski definition) is 7. The Hall–Kier alpha value is -3.14. The molecule has 0 aromatic carbocycles. The van der Waals surface area contributed by atoms with Gasteiger partial charge in [-0.05, 0) is 23.5 Å². The van der Waals surface area contributed by atoms with Crippen LogP contribution in [0.2, 0.25) is 0 Å². The molecule has 0 spiro atoms. The van der Waals surface area contributed by atoms with Gasteiger partial charge in [0.1, 0.15) is 16.5 Å². The van der Waals surface area contributed by atoms with Crippen LogP contribution in [0.25, 0.3) is 5.82 Å². The van der Waals surface area contributed by atoms with Gasteiger partial charge >= 0.3 is 6.18 Å². The number of carbonyl (C=O) groups excluding carboxylic acids is 1. The van der Waals surface area contributed by atoms with E-state index in [0.717, 1.165) is 18.3 Å². The number of ether oxygens (including phenoxy) is 1. The SMILES string of the molecule is CC(C)CC(=O)NS(=O)(=O)c1ccc(-n2nc(C(F)(F)F)c(C#N)c2OCC(C)(C)C)nc1. The summed E-state index contributed by atoms with van der Waals surface area (Å²) in [5.74, 6) is -1.44. The monoisotopic (exact) mass is 487 g/mol. The molecule has 0 aliphatic rings. The van der Waals surface area contributed by atoms with Crippen LogP contribution in [0, 0.1) is 22.7 Å². The van der Waals surface area contributed by atoms with Crippen LogP contribution in [-0.4, -0.2) is 35.7 Å². The summed E-state index contributed by atoms with van der Waals surface area (Å²) in [6.07, 6.45) is -4.07. The zero-order valence-corrected chi connectivity index (χ0v) is 19.5. The van der Waals surface area contributed by atoms with Crippen molar-refractivity contribution in [2.45, 2.75) is 52.1 Å². The average molecular weight is 488 g/mol. The van der Waals surface area contributed by atoms with Gasteiger partial charge < -0.3 is 4.74 Å². The molecule has 2 heterocycles. The van der Waals surface area contributed by atoms with Crippen LogP contribution in [0.3, 0.4) is 0 Å². The van der Waals surface area contributed by atoms with E-state index in [4.69, 9.17) is 4.74 Å². The van der Waals surface area contributed by atoms with Gasteiger partial charge in [0, 0.05) is 12.6 Å². The number of alkyl halides is 3. The van der Waals surface area contributed by atoms with Crippen molar-refractivity contribution in [3.63, 3.8) is 0 Å². The number of rotatable bonds is 7. The first-order valence-electron chi connectivity index (χ1n) is 9.80. The van der Waals surface area contributed by atoms with Gasteiger partial charge in [0.05, 0.1) is 6.61 Å². The molecule has 0 aliphatic heterocycles. The molecule has 9 nitrogen and oxygen atoms in total. The van der Waals surface area contributed by atoms with E-state index in [2.05, 4.69) is 10.1 Å². The van der Waals surface area contributed by atoms with Gasteiger partial charge in [-0.15, -0.1) is 0 Å². The molecule has 0 saturated carbocycles. The van der Waals surface area contributed by atoms with Gasteiger partial charge in [-0.3, -0.25) is 4.79 Å². The molecule has 0 unspecified atom stereocenters. The number of aromatic nitrogens is 3. The number of nitrogens with zero attached hydrogens (tertiary/aromatic N) is 4. The molecule has 0 fully saturated rings. The molecule has 33 heavy (non-hydrogen) atoms. The fourth-order valence-electron chi connectivity index (χ4n) is 2.55. The summed E-state index contributed by atoms with van der Waals surface area (Å²) in [4.78, 5) is 15.3. The number of halogens is 3. The lowest BCUT2D eigenvalue weighted by Crippen LogP contribution is -2.31. The van der Waals surface area contributed by atoms with Crippen LogP contribution < -0.4 is 9.46 Å². The maximum absolute atomic E-state index is 13.4. The van der Waals surface area contributed by atoms with Crippen molar-refractivity contribution in [1.82, 2.24) is 19.5 Å². The Balaban J connectivity index is 2.48. The Morgan fingerprint density at radius 1 is 1.27 bits per heavy atom. The Labute approximate surface area is 189 Å².